The van der Waals surface area contributed by atoms with Crippen LogP contribution in [0.3, 0.4) is 0 Å². The summed E-state index contributed by atoms with van der Waals surface area (Å²) in [6.45, 7) is 3.93. The van der Waals surface area contributed by atoms with Crippen LogP contribution in [0.2, 0.25) is 0 Å². The molecule has 0 aliphatic rings. The first-order valence-corrected chi connectivity index (χ1v) is 5.45. The minimum Gasteiger partial charge on any atom is -0.369 e. The van der Waals surface area contributed by atoms with Crippen molar-refractivity contribution in [3.8, 4) is 0 Å². The highest BCUT2D eigenvalue weighted by Crippen LogP contribution is 2.20. The number of para-hydroxylation sites is 1. The molecule has 16 heavy (non-hydrogen) atoms. The van der Waals surface area contributed by atoms with Crippen molar-refractivity contribution < 1.29 is 0 Å². The Bertz CT molecular complexity index is 499. The lowest BCUT2D eigenvalue weighted by Gasteiger charge is -2.12. The van der Waals surface area contributed by atoms with Crippen LogP contribution in [0.4, 0.5) is 5.95 Å². The summed E-state index contributed by atoms with van der Waals surface area (Å²) in [5, 5.41) is 0. The number of aromatic nitrogens is 2. The van der Waals surface area contributed by atoms with E-state index >= 15 is 0 Å². The van der Waals surface area contributed by atoms with E-state index in [1.165, 1.54) is 5.56 Å². The van der Waals surface area contributed by atoms with E-state index in [0.717, 1.165) is 24.1 Å². The van der Waals surface area contributed by atoms with E-state index < -0.39 is 0 Å². The summed E-state index contributed by atoms with van der Waals surface area (Å²) in [5.41, 5.74) is 9.30. The second kappa shape index (κ2) is 4.14. The zero-order valence-electron chi connectivity index (χ0n) is 10.1. The zero-order chi connectivity index (χ0) is 11.7. The van der Waals surface area contributed by atoms with Gasteiger partial charge < -0.3 is 15.2 Å². The van der Waals surface area contributed by atoms with Crippen molar-refractivity contribution >= 4 is 17.0 Å². The number of nitrogen functional groups attached to an aromatic ring is 1. The third kappa shape index (κ3) is 1.88. The summed E-state index contributed by atoms with van der Waals surface area (Å²) in [7, 11) is 4.12. The Morgan fingerprint density at radius 3 is 2.81 bits per heavy atom. The van der Waals surface area contributed by atoms with Gasteiger partial charge >= 0.3 is 0 Å². The summed E-state index contributed by atoms with van der Waals surface area (Å²) in [5.74, 6) is 0.603. The van der Waals surface area contributed by atoms with Gasteiger partial charge in [-0.15, -0.1) is 0 Å². The molecule has 2 rings (SSSR count). The zero-order valence-corrected chi connectivity index (χ0v) is 10.1. The first-order chi connectivity index (χ1) is 7.59. The van der Waals surface area contributed by atoms with Crippen LogP contribution in [0.15, 0.2) is 18.2 Å². The number of rotatable bonds is 3. The fourth-order valence-corrected chi connectivity index (χ4v) is 1.91. The molecule has 1 aromatic carbocycles. The molecule has 0 saturated carbocycles. The van der Waals surface area contributed by atoms with Crippen molar-refractivity contribution in [2.75, 3.05) is 26.4 Å². The van der Waals surface area contributed by atoms with Crippen LogP contribution in [0, 0.1) is 6.92 Å². The van der Waals surface area contributed by atoms with Crippen LogP contribution in [0.1, 0.15) is 5.56 Å². The molecule has 0 radical (unpaired) electrons. The maximum Gasteiger partial charge on any atom is 0.201 e. The van der Waals surface area contributed by atoms with Gasteiger partial charge in [-0.05, 0) is 32.6 Å². The summed E-state index contributed by atoms with van der Waals surface area (Å²) in [4.78, 5) is 6.52. The molecule has 0 fully saturated rings. The number of fused-ring (bicyclic) bond motifs is 1. The van der Waals surface area contributed by atoms with E-state index in [9.17, 15) is 0 Å². The molecule has 0 aliphatic heterocycles. The molecule has 86 valence electrons. The number of nitrogens with zero attached hydrogens (tertiary/aromatic N) is 3. The van der Waals surface area contributed by atoms with Crippen molar-refractivity contribution in [1.29, 1.82) is 0 Å². The molecule has 0 bridgehead atoms. The predicted octanol–water partition coefficient (Wildman–Crippen LogP) is 1.49. The summed E-state index contributed by atoms with van der Waals surface area (Å²) >= 11 is 0. The van der Waals surface area contributed by atoms with Gasteiger partial charge in [0.15, 0.2) is 0 Å². The molecule has 4 heteroatoms. The third-order valence-corrected chi connectivity index (χ3v) is 2.77. The van der Waals surface area contributed by atoms with Crippen molar-refractivity contribution in [2.24, 2.45) is 0 Å². The van der Waals surface area contributed by atoms with Crippen LogP contribution >= 0.6 is 0 Å². The second-order valence-electron chi connectivity index (χ2n) is 4.37. The van der Waals surface area contributed by atoms with Crippen LogP contribution in [0.25, 0.3) is 11.0 Å². The number of benzene rings is 1. The fourth-order valence-electron chi connectivity index (χ4n) is 1.91. The van der Waals surface area contributed by atoms with Crippen molar-refractivity contribution in [1.82, 2.24) is 14.5 Å². The maximum absolute atomic E-state index is 5.94. The first kappa shape index (κ1) is 11.0. The normalized spacial score (nSPS) is 11.5. The Labute approximate surface area is 95.7 Å². The van der Waals surface area contributed by atoms with Crippen molar-refractivity contribution in [3.63, 3.8) is 0 Å². The first-order valence-electron chi connectivity index (χ1n) is 5.45. The van der Waals surface area contributed by atoms with E-state index in [-0.39, 0.29) is 0 Å². The number of hydrogen-bond acceptors (Lipinski definition) is 3. The van der Waals surface area contributed by atoms with Gasteiger partial charge in [-0.1, -0.05) is 12.1 Å². The van der Waals surface area contributed by atoms with Gasteiger partial charge in [0.05, 0.1) is 11.0 Å². The van der Waals surface area contributed by atoms with Crippen LogP contribution in [-0.4, -0.2) is 35.1 Å². The fraction of sp³-hybridized carbons (Fsp3) is 0.417. The monoisotopic (exact) mass is 218 g/mol. The predicted molar refractivity (Wildman–Crippen MR) is 67.4 cm³/mol. The number of nitrogens with two attached hydrogens (primary N) is 1. The van der Waals surface area contributed by atoms with Crippen LogP contribution < -0.4 is 5.73 Å². The minimum absolute atomic E-state index is 0.603. The molecule has 1 aromatic heterocycles. The van der Waals surface area contributed by atoms with Gasteiger partial charge in [0.2, 0.25) is 5.95 Å². The number of likely N-dealkylation sites (N-methyl/N-ethyl adjacent to an activating group) is 1. The Morgan fingerprint density at radius 1 is 1.38 bits per heavy atom. The van der Waals surface area contributed by atoms with Gasteiger partial charge in [-0.2, -0.15) is 0 Å². The highest BCUT2D eigenvalue weighted by atomic mass is 15.2. The Hall–Kier alpha value is -1.55. The molecule has 0 spiro atoms. The highest BCUT2D eigenvalue weighted by Gasteiger charge is 2.09. The van der Waals surface area contributed by atoms with Gasteiger partial charge in [-0.3, -0.25) is 0 Å². The van der Waals surface area contributed by atoms with E-state index in [0.29, 0.717) is 5.95 Å². The second-order valence-corrected chi connectivity index (χ2v) is 4.37. The molecule has 2 N–H and O–H groups in total. The highest BCUT2D eigenvalue weighted by molar-refractivity contribution is 5.81. The lowest BCUT2D eigenvalue weighted by atomic mass is 10.2. The van der Waals surface area contributed by atoms with Crippen LogP contribution in [-0.2, 0) is 6.54 Å². The number of imidazole rings is 1. The summed E-state index contributed by atoms with van der Waals surface area (Å²) < 4.78 is 2.09. The molecule has 1 heterocycles. The number of aryl methyl sites for hydroxylation is 1. The molecular weight excluding hydrogens is 200 g/mol. The number of hydrogen-bond donors (Lipinski definition) is 1. The molecule has 2 aromatic rings. The molecular formula is C12H18N4. The Balaban J connectivity index is 2.46. The van der Waals surface area contributed by atoms with Crippen molar-refractivity contribution in [3.05, 3.63) is 23.8 Å². The lowest BCUT2D eigenvalue weighted by molar-refractivity contribution is 0.387. The summed E-state index contributed by atoms with van der Waals surface area (Å²) in [6.07, 6.45) is 0. The molecule has 0 saturated heterocycles. The minimum atomic E-state index is 0.603. The van der Waals surface area contributed by atoms with E-state index in [1.807, 2.05) is 12.1 Å². The third-order valence-electron chi connectivity index (χ3n) is 2.77. The topological polar surface area (TPSA) is 47.1 Å². The average molecular weight is 218 g/mol. The van der Waals surface area contributed by atoms with Gasteiger partial charge in [-0.25, -0.2) is 4.98 Å². The van der Waals surface area contributed by atoms with E-state index in [2.05, 4.69) is 41.5 Å². The van der Waals surface area contributed by atoms with Crippen LogP contribution in [0.5, 0.6) is 0 Å². The van der Waals surface area contributed by atoms with E-state index in [1.54, 1.807) is 0 Å². The van der Waals surface area contributed by atoms with Gasteiger partial charge in [0.25, 0.3) is 0 Å². The Kier molecular flexibility index (Phi) is 2.83. The largest absolute Gasteiger partial charge is 0.369 e. The smallest absolute Gasteiger partial charge is 0.201 e. The molecule has 4 nitrogen and oxygen atoms in total. The van der Waals surface area contributed by atoms with Gasteiger partial charge in [0, 0.05) is 13.1 Å². The quantitative estimate of drug-likeness (QED) is 0.849. The molecule has 0 aliphatic carbocycles. The summed E-state index contributed by atoms with van der Waals surface area (Å²) in [6, 6.07) is 6.11. The standard InChI is InChI=1S/C12H18N4/c1-9-5-4-6-10-11(9)16(12(13)14-10)8-7-15(2)3/h4-6H,7-8H2,1-3H3,(H2,13,14). The Morgan fingerprint density at radius 2 is 2.12 bits per heavy atom. The average Bonchev–Trinajstić information content (AvgIpc) is 2.52. The lowest BCUT2D eigenvalue weighted by Crippen LogP contribution is -2.19. The molecule has 0 unspecified atom stereocenters. The maximum atomic E-state index is 5.94. The van der Waals surface area contributed by atoms with E-state index in [4.69, 9.17) is 5.73 Å². The van der Waals surface area contributed by atoms with Crippen molar-refractivity contribution in [2.45, 2.75) is 13.5 Å². The SMILES string of the molecule is Cc1cccc2nc(N)n(CCN(C)C)c12. The molecule has 0 amide bonds. The number of anilines is 1. The van der Waals surface area contributed by atoms with Gasteiger partial charge in [0.1, 0.15) is 0 Å². The molecule has 0 atom stereocenters.